The maximum atomic E-state index is 11.5. The number of aliphatic hydroxyl groups excluding tert-OH is 1. The van der Waals surface area contributed by atoms with Crippen molar-refractivity contribution in [3.05, 3.63) is 34.9 Å². The number of aryl methyl sites for hydroxylation is 2. The summed E-state index contributed by atoms with van der Waals surface area (Å²) >= 11 is 0. The Balaban J connectivity index is 1.51. The van der Waals surface area contributed by atoms with Crippen molar-refractivity contribution in [2.24, 2.45) is 0 Å². The van der Waals surface area contributed by atoms with E-state index in [0.29, 0.717) is 12.8 Å². The van der Waals surface area contributed by atoms with E-state index in [1.807, 2.05) is 11.0 Å². The number of aliphatic hydroxyl groups is 1. The summed E-state index contributed by atoms with van der Waals surface area (Å²) in [6.45, 7) is 1.85. The minimum Gasteiger partial charge on any atom is -0.388 e. The number of fused-ring (bicyclic) bond motifs is 1. The van der Waals surface area contributed by atoms with Crippen LogP contribution in [0.15, 0.2) is 18.2 Å². The molecule has 1 aromatic rings. The molecular formula is C16H21NO2. The Morgan fingerprint density at radius 2 is 2.05 bits per heavy atom. The van der Waals surface area contributed by atoms with Crippen LogP contribution in [0.25, 0.3) is 0 Å². The molecule has 3 heteroatoms. The Morgan fingerprint density at radius 1 is 1.26 bits per heavy atom. The van der Waals surface area contributed by atoms with Gasteiger partial charge in [-0.1, -0.05) is 18.2 Å². The number of benzene rings is 1. The van der Waals surface area contributed by atoms with Crippen molar-refractivity contribution in [1.29, 1.82) is 0 Å². The highest BCUT2D eigenvalue weighted by molar-refractivity contribution is 5.78. The molecule has 1 fully saturated rings. The first-order valence-electron chi connectivity index (χ1n) is 7.31. The van der Waals surface area contributed by atoms with Gasteiger partial charge in [-0.2, -0.15) is 0 Å². The number of carbonyl (C=O) groups excluding carboxylic acids is 1. The minimum absolute atomic E-state index is 0.237. The molecule has 19 heavy (non-hydrogen) atoms. The summed E-state index contributed by atoms with van der Waals surface area (Å²) < 4.78 is 0. The second kappa shape index (κ2) is 5.33. The monoisotopic (exact) mass is 259 g/mol. The maximum Gasteiger partial charge on any atom is 0.222 e. The Kier molecular flexibility index (Phi) is 3.56. The lowest BCUT2D eigenvalue weighted by Crippen LogP contribution is -2.10. The molecule has 1 amide bonds. The molecule has 0 aromatic heterocycles. The van der Waals surface area contributed by atoms with Gasteiger partial charge in [-0.15, -0.1) is 0 Å². The average Bonchev–Trinajstić information content (AvgIpc) is 3.16. The zero-order valence-electron chi connectivity index (χ0n) is 11.3. The smallest absolute Gasteiger partial charge is 0.222 e. The Bertz CT molecular complexity index is 480. The van der Waals surface area contributed by atoms with Crippen LogP contribution in [0.2, 0.25) is 0 Å². The molecule has 0 radical (unpaired) electrons. The van der Waals surface area contributed by atoms with E-state index in [1.165, 1.54) is 24.0 Å². The number of hydrogen-bond acceptors (Lipinski definition) is 2. The van der Waals surface area contributed by atoms with E-state index in [9.17, 15) is 9.90 Å². The van der Waals surface area contributed by atoms with E-state index in [0.717, 1.165) is 31.5 Å². The SMILES string of the molecule is O=C(CCCC(O)c1ccc2c(c1)CCC2)N1CC1. The van der Waals surface area contributed by atoms with E-state index in [-0.39, 0.29) is 5.91 Å². The van der Waals surface area contributed by atoms with Crippen LogP contribution < -0.4 is 0 Å². The van der Waals surface area contributed by atoms with E-state index >= 15 is 0 Å². The number of amides is 1. The highest BCUT2D eigenvalue weighted by Gasteiger charge is 2.23. The van der Waals surface area contributed by atoms with Crippen LogP contribution in [0.3, 0.4) is 0 Å². The van der Waals surface area contributed by atoms with Crippen LogP contribution >= 0.6 is 0 Å². The first kappa shape index (κ1) is 12.7. The summed E-state index contributed by atoms with van der Waals surface area (Å²) in [5, 5.41) is 10.2. The van der Waals surface area contributed by atoms with Crippen LogP contribution in [0, 0.1) is 0 Å². The fraction of sp³-hybridized carbons (Fsp3) is 0.562. The molecule has 1 atom stereocenters. The first-order chi connectivity index (χ1) is 9.24. The molecule has 0 spiro atoms. The predicted octanol–water partition coefficient (Wildman–Crippen LogP) is 2.22. The number of nitrogens with zero attached hydrogens (tertiary/aromatic N) is 1. The van der Waals surface area contributed by atoms with E-state index in [4.69, 9.17) is 0 Å². The molecule has 1 aliphatic heterocycles. The predicted molar refractivity (Wildman–Crippen MR) is 73.9 cm³/mol. The number of carbonyl (C=O) groups is 1. The minimum atomic E-state index is -0.423. The molecule has 1 saturated heterocycles. The molecule has 3 nitrogen and oxygen atoms in total. The summed E-state index contributed by atoms with van der Waals surface area (Å²) in [5.41, 5.74) is 3.85. The molecule has 1 heterocycles. The molecule has 0 saturated carbocycles. The van der Waals surface area contributed by atoms with E-state index < -0.39 is 6.10 Å². The van der Waals surface area contributed by atoms with E-state index in [1.54, 1.807) is 0 Å². The normalized spacial score (nSPS) is 18.3. The van der Waals surface area contributed by atoms with Gasteiger partial charge in [-0.05, 0) is 48.8 Å². The molecule has 3 rings (SSSR count). The summed E-state index contributed by atoms with van der Waals surface area (Å²) in [6.07, 6.45) is 5.15. The number of hydrogen-bond donors (Lipinski definition) is 1. The standard InChI is InChI=1S/C16H21NO2/c18-15(5-2-6-16(19)17-9-10-17)14-8-7-12-3-1-4-13(12)11-14/h7-8,11,15,18H,1-6,9-10H2. The highest BCUT2D eigenvalue weighted by Crippen LogP contribution is 2.27. The van der Waals surface area contributed by atoms with Crippen LogP contribution in [0.5, 0.6) is 0 Å². The van der Waals surface area contributed by atoms with Gasteiger partial charge in [0, 0.05) is 19.5 Å². The van der Waals surface area contributed by atoms with Crippen molar-refractivity contribution in [3.8, 4) is 0 Å². The summed E-state index contributed by atoms with van der Waals surface area (Å²) in [5.74, 6) is 0.237. The second-order valence-electron chi connectivity index (χ2n) is 5.67. The largest absolute Gasteiger partial charge is 0.388 e. The lowest BCUT2D eigenvalue weighted by Gasteiger charge is -2.12. The fourth-order valence-corrected chi connectivity index (χ4v) is 2.87. The molecule has 102 valence electrons. The van der Waals surface area contributed by atoms with E-state index in [2.05, 4.69) is 12.1 Å². The zero-order chi connectivity index (χ0) is 13.2. The third-order valence-corrected chi connectivity index (χ3v) is 4.18. The first-order valence-corrected chi connectivity index (χ1v) is 7.31. The summed E-state index contributed by atoms with van der Waals surface area (Å²) in [4.78, 5) is 13.4. The molecule has 0 bridgehead atoms. The van der Waals surface area contributed by atoms with Gasteiger partial charge >= 0.3 is 0 Å². The molecule has 1 unspecified atom stereocenters. The maximum absolute atomic E-state index is 11.5. The molecule has 2 aliphatic rings. The van der Waals surface area contributed by atoms with Crippen molar-refractivity contribution in [3.63, 3.8) is 0 Å². The summed E-state index contributed by atoms with van der Waals surface area (Å²) in [6, 6.07) is 6.35. The molecule has 1 aromatic carbocycles. The Hall–Kier alpha value is -1.35. The molecule has 1 N–H and O–H groups in total. The van der Waals surface area contributed by atoms with Crippen molar-refractivity contribution in [1.82, 2.24) is 4.90 Å². The van der Waals surface area contributed by atoms with Gasteiger partial charge in [0.2, 0.25) is 5.91 Å². The summed E-state index contributed by atoms with van der Waals surface area (Å²) in [7, 11) is 0. The third kappa shape index (κ3) is 2.98. The fourth-order valence-electron chi connectivity index (χ4n) is 2.87. The van der Waals surface area contributed by atoms with Gasteiger partial charge in [-0.25, -0.2) is 0 Å². The van der Waals surface area contributed by atoms with Crippen LogP contribution in [-0.2, 0) is 17.6 Å². The van der Waals surface area contributed by atoms with Crippen LogP contribution in [0.1, 0.15) is 48.5 Å². The van der Waals surface area contributed by atoms with Crippen molar-refractivity contribution in [2.75, 3.05) is 13.1 Å². The average molecular weight is 259 g/mol. The highest BCUT2D eigenvalue weighted by atomic mass is 16.3. The Morgan fingerprint density at radius 3 is 2.84 bits per heavy atom. The second-order valence-corrected chi connectivity index (χ2v) is 5.67. The van der Waals surface area contributed by atoms with Gasteiger partial charge in [0.1, 0.15) is 0 Å². The molecular weight excluding hydrogens is 238 g/mol. The van der Waals surface area contributed by atoms with Gasteiger partial charge in [0.15, 0.2) is 0 Å². The lowest BCUT2D eigenvalue weighted by atomic mass is 9.99. The van der Waals surface area contributed by atoms with Crippen molar-refractivity contribution < 1.29 is 9.90 Å². The third-order valence-electron chi connectivity index (χ3n) is 4.18. The zero-order valence-corrected chi connectivity index (χ0v) is 11.3. The Labute approximate surface area is 114 Å². The van der Waals surface area contributed by atoms with Crippen molar-refractivity contribution >= 4 is 5.91 Å². The quantitative estimate of drug-likeness (QED) is 0.824. The van der Waals surface area contributed by atoms with Gasteiger partial charge in [-0.3, -0.25) is 4.79 Å². The van der Waals surface area contributed by atoms with Gasteiger partial charge in [0.25, 0.3) is 0 Å². The van der Waals surface area contributed by atoms with Crippen LogP contribution in [-0.4, -0.2) is 29.0 Å². The van der Waals surface area contributed by atoms with Crippen molar-refractivity contribution in [2.45, 2.75) is 44.6 Å². The number of rotatable bonds is 5. The van der Waals surface area contributed by atoms with Gasteiger partial charge < -0.3 is 10.0 Å². The topological polar surface area (TPSA) is 40.3 Å². The lowest BCUT2D eigenvalue weighted by molar-refractivity contribution is -0.125. The van der Waals surface area contributed by atoms with Crippen LogP contribution in [0.4, 0.5) is 0 Å². The van der Waals surface area contributed by atoms with Gasteiger partial charge in [0.05, 0.1) is 6.10 Å². The molecule has 1 aliphatic carbocycles.